The van der Waals surface area contributed by atoms with Crippen molar-refractivity contribution in [2.45, 2.75) is 70.3 Å². The highest BCUT2D eigenvalue weighted by molar-refractivity contribution is 5.94. The minimum Gasteiger partial charge on any atom is -0.367 e. The van der Waals surface area contributed by atoms with E-state index in [1.165, 1.54) is 63.4 Å². The summed E-state index contributed by atoms with van der Waals surface area (Å²) in [5.41, 5.74) is 4.04. The van der Waals surface area contributed by atoms with Crippen LogP contribution in [0.5, 0.6) is 0 Å². The van der Waals surface area contributed by atoms with Gasteiger partial charge in [0.2, 0.25) is 0 Å². The summed E-state index contributed by atoms with van der Waals surface area (Å²) in [5, 5.41) is 6.60. The molecule has 0 aliphatic heterocycles. The van der Waals surface area contributed by atoms with Crippen LogP contribution in [-0.4, -0.2) is 28.5 Å². The van der Waals surface area contributed by atoms with Crippen LogP contribution in [-0.2, 0) is 0 Å². The average Bonchev–Trinajstić information content (AvgIpc) is 2.81. The van der Waals surface area contributed by atoms with Crippen molar-refractivity contribution in [1.29, 1.82) is 0 Å². The zero-order valence-corrected chi connectivity index (χ0v) is 17.7. The van der Waals surface area contributed by atoms with Crippen LogP contribution in [0.15, 0.2) is 48.3 Å². The Labute approximate surface area is 179 Å². The van der Waals surface area contributed by atoms with Gasteiger partial charge in [-0.3, -0.25) is 4.79 Å². The molecule has 1 aromatic heterocycles. The fourth-order valence-corrected chi connectivity index (χ4v) is 4.41. The third-order valence-corrected chi connectivity index (χ3v) is 6.18. The Morgan fingerprint density at radius 1 is 1.00 bits per heavy atom. The largest absolute Gasteiger partial charge is 0.367 e. The molecular formula is C25H32N4O. The monoisotopic (exact) mass is 404 g/mol. The predicted octanol–water partition coefficient (Wildman–Crippen LogP) is 5.51. The number of allylic oxidation sites excluding steroid dienone is 1. The zero-order chi connectivity index (χ0) is 20.6. The maximum atomic E-state index is 12.4. The molecule has 1 saturated carbocycles. The van der Waals surface area contributed by atoms with E-state index in [-0.39, 0.29) is 5.91 Å². The summed E-state index contributed by atoms with van der Waals surface area (Å²) < 4.78 is 0. The van der Waals surface area contributed by atoms with Crippen LogP contribution in [0.1, 0.15) is 74.6 Å². The van der Waals surface area contributed by atoms with Crippen LogP contribution in [0.4, 0.5) is 5.82 Å². The number of anilines is 1. The van der Waals surface area contributed by atoms with Crippen LogP contribution < -0.4 is 10.6 Å². The first kappa shape index (κ1) is 20.6. The second-order valence-corrected chi connectivity index (χ2v) is 8.46. The highest BCUT2D eigenvalue weighted by Gasteiger charge is 2.14. The molecule has 30 heavy (non-hydrogen) atoms. The van der Waals surface area contributed by atoms with E-state index in [9.17, 15) is 4.79 Å². The number of nitrogens with zero attached hydrogens (tertiary/aromatic N) is 2. The first-order valence-electron chi connectivity index (χ1n) is 11.4. The summed E-state index contributed by atoms with van der Waals surface area (Å²) in [7, 11) is 0. The summed E-state index contributed by atoms with van der Waals surface area (Å²) in [6.07, 6.45) is 16.2. The minimum absolute atomic E-state index is 0.0136. The Hall–Kier alpha value is -2.69. The minimum atomic E-state index is -0.0136. The van der Waals surface area contributed by atoms with E-state index in [0.717, 1.165) is 23.5 Å². The predicted molar refractivity (Wildman–Crippen MR) is 121 cm³/mol. The lowest BCUT2D eigenvalue weighted by atomic mass is 9.95. The Morgan fingerprint density at radius 3 is 2.60 bits per heavy atom. The molecule has 2 aliphatic rings. The van der Waals surface area contributed by atoms with Crippen molar-refractivity contribution in [1.82, 2.24) is 15.3 Å². The van der Waals surface area contributed by atoms with Gasteiger partial charge in [-0.05, 0) is 57.1 Å². The molecule has 5 nitrogen and oxygen atoms in total. The number of carbonyl (C=O) groups is 1. The maximum Gasteiger partial charge on any atom is 0.251 e. The van der Waals surface area contributed by atoms with E-state index in [4.69, 9.17) is 0 Å². The van der Waals surface area contributed by atoms with E-state index in [0.29, 0.717) is 18.2 Å². The molecule has 0 unspecified atom stereocenters. The Kier molecular flexibility index (Phi) is 7.11. The number of hydrogen-bond acceptors (Lipinski definition) is 4. The number of carbonyl (C=O) groups excluding carboxylic acids is 1. The van der Waals surface area contributed by atoms with Gasteiger partial charge in [0, 0.05) is 29.8 Å². The number of rotatable bonds is 7. The van der Waals surface area contributed by atoms with Crippen molar-refractivity contribution >= 4 is 11.7 Å². The summed E-state index contributed by atoms with van der Waals surface area (Å²) >= 11 is 0. The Balaban J connectivity index is 1.33. The second kappa shape index (κ2) is 10.4. The number of amides is 1. The number of benzene rings is 1. The molecule has 1 heterocycles. The van der Waals surface area contributed by atoms with Gasteiger partial charge in [-0.2, -0.15) is 0 Å². The van der Waals surface area contributed by atoms with E-state index in [2.05, 4.69) is 26.7 Å². The Bertz CT molecular complexity index is 869. The molecule has 4 rings (SSSR count). The van der Waals surface area contributed by atoms with Crippen molar-refractivity contribution in [3.8, 4) is 11.3 Å². The van der Waals surface area contributed by atoms with Crippen molar-refractivity contribution < 1.29 is 4.79 Å². The SMILES string of the molecule is O=C(NCCC1=CCCCC1)c1ccc(-c2cc(NC3CCCCC3)ncn2)cc1. The molecule has 2 N–H and O–H groups in total. The number of aromatic nitrogens is 2. The summed E-state index contributed by atoms with van der Waals surface area (Å²) in [5.74, 6) is 0.867. The third kappa shape index (κ3) is 5.68. The highest BCUT2D eigenvalue weighted by Crippen LogP contribution is 2.24. The lowest BCUT2D eigenvalue weighted by molar-refractivity contribution is 0.0954. The van der Waals surface area contributed by atoms with Crippen LogP contribution in [0.3, 0.4) is 0 Å². The van der Waals surface area contributed by atoms with Gasteiger partial charge < -0.3 is 10.6 Å². The summed E-state index contributed by atoms with van der Waals surface area (Å²) in [6.45, 7) is 0.703. The standard InChI is InChI=1S/C25H32N4O/c30-25(26-16-15-19-7-3-1-4-8-19)21-13-11-20(12-14-21)23-17-24(28-18-27-23)29-22-9-5-2-6-10-22/h7,11-14,17-18,22H,1-6,8-10,15-16H2,(H,26,30)(H,27,28,29). The first-order chi connectivity index (χ1) is 14.8. The van der Waals surface area contributed by atoms with Gasteiger partial charge in [-0.25, -0.2) is 9.97 Å². The smallest absolute Gasteiger partial charge is 0.251 e. The van der Waals surface area contributed by atoms with Gasteiger partial charge >= 0.3 is 0 Å². The quantitative estimate of drug-likeness (QED) is 0.597. The van der Waals surface area contributed by atoms with Gasteiger partial charge in [0.25, 0.3) is 5.91 Å². The molecule has 2 aromatic rings. The zero-order valence-electron chi connectivity index (χ0n) is 17.7. The molecule has 5 heteroatoms. The molecule has 1 fully saturated rings. The lowest BCUT2D eigenvalue weighted by Crippen LogP contribution is -2.24. The number of hydrogen-bond donors (Lipinski definition) is 2. The molecule has 158 valence electrons. The van der Waals surface area contributed by atoms with Crippen molar-refractivity contribution in [3.63, 3.8) is 0 Å². The van der Waals surface area contributed by atoms with Crippen LogP contribution in [0.25, 0.3) is 11.3 Å². The normalized spacial score (nSPS) is 17.3. The van der Waals surface area contributed by atoms with Crippen molar-refractivity contribution in [2.75, 3.05) is 11.9 Å². The van der Waals surface area contributed by atoms with Gasteiger partial charge in [0.05, 0.1) is 5.69 Å². The van der Waals surface area contributed by atoms with E-state index in [1.807, 2.05) is 30.3 Å². The van der Waals surface area contributed by atoms with Crippen LogP contribution in [0.2, 0.25) is 0 Å². The molecule has 0 bridgehead atoms. The Morgan fingerprint density at radius 2 is 1.83 bits per heavy atom. The molecule has 0 saturated heterocycles. The molecule has 1 aromatic carbocycles. The fourth-order valence-electron chi connectivity index (χ4n) is 4.41. The lowest BCUT2D eigenvalue weighted by Gasteiger charge is -2.23. The summed E-state index contributed by atoms with van der Waals surface area (Å²) in [4.78, 5) is 21.3. The summed E-state index contributed by atoms with van der Waals surface area (Å²) in [6, 6.07) is 10.2. The van der Waals surface area contributed by atoms with Gasteiger partial charge in [-0.15, -0.1) is 0 Å². The highest BCUT2D eigenvalue weighted by atomic mass is 16.1. The van der Waals surface area contributed by atoms with E-state index >= 15 is 0 Å². The maximum absolute atomic E-state index is 12.4. The van der Waals surface area contributed by atoms with E-state index < -0.39 is 0 Å². The molecule has 0 spiro atoms. The van der Waals surface area contributed by atoms with Gasteiger partial charge in [0.1, 0.15) is 12.1 Å². The fraction of sp³-hybridized carbons (Fsp3) is 0.480. The third-order valence-electron chi connectivity index (χ3n) is 6.18. The average molecular weight is 405 g/mol. The van der Waals surface area contributed by atoms with Crippen LogP contribution >= 0.6 is 0 Å². The first-order valence-corrected chi connectivity index (χ1v) is 11.4. The molecular weight excluding hydrogens is 372 g/mol. The topological polar surface area (TPSA) is 66.9 Å². The second-order valence-electron chi connectivity index (χ2n) is 8.46. The van der Waals surface area contributed by atoms with Crippen molar-refractivity contribution in [3.05, 3.63) is 53.9 Å². The van der Waals surface area contributed by atoms with Gasteiger partial charge in [-0.1, -0.05) is 43.0 Å². The van der Waals surface area contributed by atoms with Crippen LogP contribution in [0, 0.1) is 0 Å². The molecule has 0 atom stereocenters. The van der Waals surface area contributed by atoms with Gasteiger partial charge in [0.15, 0.2) is 0 Å². The molecule has 1 amide bonds. The molecule has 2 aliphatic carbocycles. The van der Waals surface area contributed by atoms with E-state index in [1.54, 1.807) is 6.33 Å². The molecule has 0 radical (unpaired) electrons. The van der Waals surface area contributed by atoms with Crippen molar-refractivity contribution in [2.24, 2.45) is 0 Å². The number of nitrogens with one attached hydrogen (secondary N) is 2.